The number of rotatable bonds is 2. The Balaban J connectivity index is 3.74. The van der Waals surface area contributed by atoms with E-state index in [1.807, 2.05) is 4.98 Å². The maximum absolute atomic E-state index is 11.2. The molecule has 1 aromatic heterocycles. The molecule has 8 nitrogen and oxygen atoms in total. The van der Waals surface area contributed by atoms with E-state index in [2.05, 4.69) is 0 Å². The van der Waals surface area contributed by atoms with Gasteiger partial charge >= 0.3 is 0 Å². The summed E-state index contributed by atoms with van der Waals surface area (Å²) in [4.78, 5) is 10.9. The molecule has 0 saturated carbocycles. The third-order valence-electron chi connectivity index (χ3n) is 1.43. The molecule has 0 aliphatic rings. The van der Waals surface area contributed by atoms with Gasteiger partial charge in [-0.05, 0) is 0 Å². The van der Waals surface area contributed by atoms with Crippen LogP contribution in [-0.2, 0) is 20.2 Å². The summed E-state index contributed by atoms with van der Waals surface area (Å²) in [6.07, 6.45) is 1.21. The lowest BCUT2D eigenvalue weighted by atomic mass is 10.5. The average molecular weight is 255 g/mol. The fourth-order valence-electron chi connectivity index (χ4n) is 0.829. The largest absolute Gasteiger partial charge is 0.365 e. The Morgan fingerprint density at radius 3 is 1.53 bits per heavy atom. The first-order valence-corrected chi connectivity index (χ1v) is 6.18. The summed E-state index contributed by atoms with van der Waals surface area (Å²) in [5.74, 6) is 0. The van der Waals surface area contributed by atoms with E-state index >= 15 is 0 Å². The van der Waals surface area contributed by atoms with Crippen molar-refractivity contribution in [3.63, 3.8) is 0 Å². The first kappa shape index (κ1) is 11.8. The minimum absolute atomic E-state index is 0.604. The Hall–Kier alpha value is -1.23. The van der Waals surface area contributed by atoms with Crippen LogP contribution in [0.15, 0.2) is 27.0 Å². The molecule has 84 valence electrons. The van der Waals surface area contributed by atoms with Gasteiger partial charge in [0, 0.05) is 12.4 Å². The van der Waals surface area contributed by atoms with Crippen LogP contribution >= 0.6 is 0 Å². The standard InChI is InChI=1S/C5H5NO7S2/c7-5-3(14(8,9)10)1-6-2-4(5)15(11,12)13/h1-2H,(H,6,7)(H,8,9,10)(H,11,12,13). The monoisotopic (exact) mass is 255 g/mol. The van der Waals surface area contributed by atoms with E-state index in [-0.39, 0.29) is 0 Å². The number of pyridine rings is 1. The first-order chi connectivity index (χ1) is 6.64. The van der Waals surface area contributed by atoms with Crippen LogP contribution in [0.1, 0.15) is 0 Å². The number of H-pyrrole nitrogens is 1. The molecule has 0 fully saturated rings. The number of aromatic nitrogens is 1. The van der Waals surface area contributed by atoms with Gasteiger partial charge in [0.15, 0.2) is 9.79 Å². The van der Waals surface area contributed by atoms with Crippen molar-refractivity contribution in [2.24, 2.45) is 0 Å². The lowest BCUT2D eigenvalue weighted by molar-refractivity contribution is 0.478. The second-order valence-electron chi connectivity index (χ2n) is 2.46. The van der Waals surface area contributed by atoms with Gasteiger partial charge < -0.3 is 4.98 Å². The fourth-order valence-corrected chi connectivity index (χ4v) is 2.02. The molecule has 0 aliphatic heterocycles. The second kappa shape index (κ2) is 3.41. The van der Waals surface area contributed by atoms with Crippen LogP contribution in [0.2, 0.25) is 0 Å². The number of aromatic amines is 1. The predicted molar refractivity (Wildman–Crippen MR) is 46.7 cm³/mol. The molecular formula is C5H5NO7S2. The van der Waals surface area contributed by atoms with Crippen molar-refractivity contribution >= 4 is 20.2 Å². The third-order valence-corrected chi connectivity index (χ3v) is 3.15. The average Bonchev–Trinajstić information content (AvgIpc) is 1.99. The lowest BCUT2D eigenvalue weighted by Crippen LogP contribution is -2.21. The molecule has 0 aromatic carbocycles. The van der Waals surface area contributed by atoms with Gasteiger partial charge in [0.2, 0.25) is 5.43 Å². The highest BCUT2D eigenvalue weighted by atomic mass is 32.2. The van der Waals surface area contributed by atoms with Crippen molar-refractivity contribution in [2.75, 3.05) is 0 Å². The Kier molecular flexibility index (Phi) is 2.69. The summed E-state index contributed by atoms with van der Waals surface area (Å²) >= 11 is 0. The molecule has 0 aliphatic carbocycles. The van der Waals surface area contributed by atoms with E-state index in [4.69, 9.17) is 9.11 Å². The topological polar surface area (TPSA) is 142 Å². The summed E-state index contributed by atoms with van der Waals surface area (Å²) in [6, 6.07) is 0. The van der Waals surface area contributed by atoms with Crippen LogP contribution in [0.3, 0.4) is 0 Å². The summed E-state index contributed by atoms with van der Waals surface area (Å²) in [7, 11) is -9.67. The van der Waals surface area contributed by atoms with Crippen molar-refractivity contribution in [3.05, 3.63) is 22.6 Å². The van der Waals surface area contributed by atoms with Gasteiger partial charge in [-0.15, -0.1) is 0 Å². The van der Waals surface area contributed by atoms with Gasteiger partial charge in [0.05, 0.1) is 0 Å². The van der Waals surface area contributed by atoms with Gasteiger partial charge in [-0.3, -0.25) is 13.9 Å². The summed E-state index contributed by atoms with van der Waals surface area (Å²) < 4.78 is 59.4. The maximum atomic E-state index is 11.2. The molecule has 0 amide bonds. The predicted octanol–water partition coefficient (Wildman–Crippen LogP) is -1.13. The normalized spacial score (nSPS) is 12.7. The van der Waals surface area contributed by atoms with E-state index in [9.17, 15) is 21.6 Å². The zero-order chi connectivity index (χ0) is 11.9. The summed E-state index contributed by atoms with van der Waals surface area (Å²) in [5, 5.41) is 0. The molecule has 10 heteroatoms. The van der Waals surface area contributed by atoms with Gasteiger partial charge in [0.1, 0.15) is 0 Å². The Bertz CT molecular complexity index is 585. The van der Waals surface area contributed by atoms with E-state index in [1.165, 1.54) is 0 Å². The van der Waals surface area contributed by atoms with Crippen LogP contribution in [0.4, 0.5) is 0 Å². The highest BCUT2D eigenvalue weighted by Crippen LogP contribution is 2.05. The van der Waals surface area contributed by atoms with Crippen molar-refractivity contribution in [3.8, 4) is 0 Å². The minimum Gasteiger partial charge on any atom is -0.365 e. The van der Waals surface area contributed by atoms with Gasteiger partial charge in [-0.2, -0.15) is 16.8 Å². The zero-order valence-corrected chi connectivity index (χ0v) is 8.54. The minimum atomic E-state index is -4.84. The molecular weight excluding hydrogens is 250 g/mol. The second-order valence-corrected chi connectivity index (χ2v) is 5.24. The van der Waals surface area contributed by atoms with E-state index < -0.39 is 35.5 Å². The molecule has 0 spiro atoms. The van der Waals surface area contributed by atoms with Crippen molar-refractivity contribution in [1.82, 2.24) is 4.98 Å². The van der Waals surface area contributed by atoms with Crippen molar-refractivity contribution in [1.29, 1.82) is 0 Å². The van der Waals surface area contributed by atoms with Crippen LogP contribution in [-0.4, -0.2) is 30.9 Å². The Morgan fingerprint density at radius 2 is 1.27 bits per heavy atom. The first-order valence-electron chi connectivity index (χ1n) is 3.30. The zero-order valence-electron chi connectivity index (χ0n) is 6.91. The fraction of sp³-hybridized carbons (Fsp3) is 0. The molecule has 1 rings (SSSR count). The van der Waals surface area contributed by atoms with Crippen LogP contribution in [0, 0.1) is 0 Å². The molecule has 0 radical (unpaired) electrons. The van der Waals surface area contributed by atoms with E-state index in [1.54, 1.807) is 0 Å². The molecule has 0 unspecified atom stereocenters. The van der Waals surface area contributed by atoms with Crippen LogP contribution in [0.5, 0.6) is 0 Å². The van der Waals surface area contributed by atoms with Gasteiger partial charge in [-0.25, -0.2) is 0 Å². The summed E-state index contributed by atoms with van der Waals surface area (Å²) in [6.45, 7) is 0. The van der Waals surface area contributed by atoms with Crippen LogP contribution < -0.4 is 5.43 Å². The third kappa shape index (κ3) is 2.41. The maximum Gasteiger partial charge on any atom is 0.299 e. The van der Waals surface area contributed by atoms with Crippen molar-refractivity contribution in [2.45, 2.75) is 9.79 Å². The molecule has 0 saturated heterocycles. The highest BCUT2D eigenvalue weighted by Gasteiger charge is 2.22. The highest BCUT2D eigenvalue weighted by molar-refractivity contribution is 7.86. The SMILES string of the molecule is O=c1c(S(=O)(=O)O)c[nH]cc1S(=O)(=O)O. The number of hydrogen-bond donors (Lipinski definition) is 3. The quantitative estimate of drug-likeness (QED) is 0.567. The van der Waals surface area contributed by atoms with Crippen molar-refractivity contribution < 1.29 is 25.9 Å². The molecule has 3 N–H and O–H groups in total. The van der Waals surface area contributed by atoms with Gasteiger partial charge in [-0.1, -0.05) is 0 Å². The number of hydrogen-bond acceptors (Lipinski definition) is 5. The smallest absolute Gasteiger partial charge is 0.299 e. The summed E-state index contributed by atoms with van der Waals surface area (Å²) in [5.41, 5.74) is -1.50. The Labute approximate surface area is 84.1 Å². The van der Waals surface area contributed by atoms with Crippen LogP contribution in [0.25, 0.3) is 0 Å². The molecule has 0 bridgehead atoms. The molecule has 1 heterocycles. The number of nitrogens with one attached hydrogen (secondary N) is 1. The Morgan fingerprint density at radius 1 is 0.933 bits per heavy atom. The molecule has 0 atom stereocenters. The lowest BCUT2D eigenvalue weighted by Gasteiger charge is -1.98. The van der Waals surface area contributed by atoms with E-state index in [0.29, 0.717) is 12.4 Å². The molecule has 1 aromatic rings. The van der Waals surface area contributed by atoms with Gasteiger partial charge in [0.25, 0.3) is 20.2 Å². The molecule has 15 heavy (non-hydrogen) atoms. The van der Waals surface area contributed by atoms with E-state index in [0.717, 1.165) is 0 Å².